The molecule has 1 aliphatic rings. The fraction of sp³-hybridized carbons (Fsp3) is 0.368. The van der Waals surface area contributed by atoms with Gasteiger partial charge >= 0.3 is 5.97 Å². The van der Waals surface area contributed by atoms with E-state index >= 15 is 0 Å². The van der Waals surface area contributed by atoms with E-state index in [0.29, 0.717) is 12.3 Å². The van der Waals surface area contributed by atoms with Crippen LogP contribution in [0.4, 0.5) is 0 Å². The fourth-order valence-electron chi connectivity index (χ4n) is 3.32. The summed E-state index contributed by atoms with van der Waals surface area (Å²) < 4.78 is 7.51. The van der Waals surface area contributed by atoms with Crippen LogP contribution in [0.25, 0.3) is 5.65 Å². The standard InChI is InChI=1S/C19H21N5O3/c25-19(26)17-10-22-24-12-14(9-21-18(17)24)11-23-7-4-16(5-8-23)27-13-15-3-1-2-6-20-15/h1-3,6,9-10,12,16H,4-5,7-8,11,13H2,(H,25,26). The van der Waals surface area contributed by atoms with E-state index in [2.05, 4.69) is 20.0 Å². The molecule has 4 rings (SSSR count). The molecule has 0 atom stereocenters. The third kappa shape index (κ3) is 4.12. The molecule has 0 radical (unpaired) electrons. The number of aromatic nitrogens is 4. The Balaban J connectivity index is 1.30. The van der Waals surface area contributed by atoms with Crippen LogP contribution in [-0.2, 0) is 17.9 Å². The van der Waals surface area contributed by atoms with Crippen LogP contribution in [0.15, 0.2) is 43.0 Å². The number of nitrogens with zero attached hydrogens (tertiary/aromatic N) is 5. The van der Waals surface area contributed by atoms with Gasteiger partial charge in [-0.1, -0.05) is 6.07 Å². The van der Waals surface area contributed by atoms with Crippen LogP contribution in [0.2, 0.25) is 0 Å². The number of hydrogen-bond acceptors (Lipinski definition) is 6. The summed E-state index contributed by atoms with van der Waals surface area (Å²) in [5.41, 5.74) is 2.45. The number of pyridine rings is 1. The molecule has 0 saturated carbocycles. The van der Waals surface area contributed by atoms with E-state index in [-0.39, 0.29) is 11.7 Å². The van der Waals surface area contributed by atoms with Crippen molar-refractivity contribution in [1.29, 1.82) is 0 Å². The number of ether oxygens (including phenoxy) is 1. The van der Waals surface area contributed by atoms with Crippen molar-refractivity contribution in [3.63, 3.8) is 0 Å². The summed E-state index contributed by atoms with van der Waals surface area (Å²) in [5, 5.41) is 13.2. The van der Waals surface area contributed by atoms with Crippen LogP contribution in [0.3, 0.4) is 0 Å². The molecule has 1 N–H and O–H groups in total. The maximum absolute atomic E-state index is 11.1. The molecule has 140 valence electrons. The number of hydrogen-bond donors (Lipinski definition) is 1. The molecule has 0 unspecified atom stereocenters. The van der Waals surface area contributed by atoms with Crippen molar-refractivity contribution in [1.82, 2.24) is 24.5 Å². The van der Waals surface area contributed by atoms with Gasteiger partial charge in [-0.2, -0.15) is 5.10 Å². The monoisotopic (exact) mass is 367 g/mol. The summed E-state index contributed by atoms with van der Waals surface area (Å²) >= 11 is 0. The number of piperidine rings is 1. The van der Waals surface area contributed by atoms with Crippen molar-refractivity contribution < 1.29 is 14.6 Å². The largest absolute Gasteiger partial charge is 0.477 e. The van der Waals surface area contributed by atoms with Crippen molar-refractivity contribution in [2.45, 2.75) is 32.1 Å². The van der Waals surface area contributed by atoms with Crippen LogP contribution >= 0.6 is 0 Å². The summed E-state index contributed by atoms with van der Waals surface area (Å²) in [6.07, 6.45) is 8.91. The molecule has 8 heteroatoms. The average Bonchev–Trinajstić information content (AvgIpc) is 3.12. The second kappa shape index (κ2) is 7.81. The van der Waals surface area contributed by atoms with Gasteiger partial charge in [-0.3, -0.25) is 9.88 Å². The molecular formula is C19H21N5O3. The first-order chi connectivity index (χ1) is 13.2. The Morgan fingerprint density at radius 3 is 2.81 bits per heavy atom. The summed E-state index contributed by atoms with van der Waals surface area (Å²) in [7, 11) is 0. The van der Waals surface area contributed by atoms with E-state index in [1.165, 1.54) is 10.7 Å². The molecule has 0 aliphatic carbocycles. The highest BCUT2D eigenvalue weighted by Crippen LogP contribution is 2.18. The van der Waals surface area contributed by atoms with E-state index in [1.54, 1.807) is 12.4 Å². The van der Waals surface area contributed by atoms with Gasteiger partial charge in [0.05, 0.1) is 24.6 Å². The first-order valence-corrected chi connectivity index (χ1v) is 8.98. The third-order valence-electron chi connectivity index (χ3n) is 4.77. The molecule has 8 nitrogen and oxygen atoms in total. The number of carboxylic acid groups (broad SMARTS) is 1. The average molecular weight is 367 g/mol. The van der Waals surface area contributed by atoms with Gasteiger partial charge in [0.25, 0.3) is 0 Å². The first-order valence-electron chi connectivity index (χ1n) is 8.98. The van der Waals surface area contributed by atoms with E-state index in [1.807, 2.05) is 24.4 Å². The van der Waals surface area contributed by atoms with Gasteiger partial charge in [-0.25, -0.2) is 14.3 Å². The normalized spacial score (nSPS) is 16.0. The smallest absolute Gasteiger partial charge is 0.341 e. The van der Waals surface area contributed by atoms with E-state index in [9.17, 15) is 4.79 Å². The molecule has 0 aromatic carbocycles. The lowest BCUT2D eigenvalue weighted by Crippen LogP contribution is -2.36. The number of carbonyl (C=O) groups is 1. The van der Waals surface area contributed by atoms with Crippen LogP contribution in [0, 0.1) is 0 Å². The van der Waals surface area contributed by atoms with Crippen molar-refractivity contribution >= 4 is 11.6 Å². The highest BCUT2D eigenvalue weighted by Gasteiger charge is 2.20. The molecule has 3 aromatic heterocycles. The minimum absolute atomic E-state index is 0.118. The summed E-state index contributed by atoms with van der Waals surface area (Å²) in [4.78, 5) is 22.0. The maximum atomic E-state index is 11.1. The van der Waals surface area contributed by atoms with Gasteiger partial charge in [0.2, 0.25) is 0 Å². The second-order valence-corrected chi connectivity index (χ2v) is 6.70. The van der Waals surface area contributed by atoms with Crippen LogP contribution in [0.5, 0.6) is 0 Å². The Morgan fingerprint density at radius 2 is 2.07 bits per heavy atom. The van der Waals surface area contributed by atoms with Gasteiger partial charge < -0.3 is 9.84 Å². The zero-order valence-corrected chi connectivity index (χ0v) is 14.9. The Kier molecular flexibility index (Phi) is 5.08. The van der Waals surface area contributed by atoms with Gasteiger partial charge in [0.1, 0.15) is 5.56 Å². The molecule has 0 amide bonds. The number of aromatic carboxylic acids is 1. The minimum atomic E-state index is -1.02. The van der Waals surface area contributed by atoms with E-state index in [0.717, 1.165) is 43.7 Å². The highest BCUT2D eigenvalue weighted by molar-refractivity contribution is 5.93. The van der Waals surface area contributed by atoms with Crippen molar-refractivity contribution in [3.05, 3.63) is 59.8 Å². The van der Waals surface area contributed by atoms with E-state index in [4.69, 9.17) is 9.84 Å². The molecule has 0 bridgehead atoms. The van der Waals surface area contributed by atoms with Crippen molar-refractivity contribution in [2.75, 3.05) is 13.1 Å². The molecule has 1 aliphatic heterocycles. The molecule has 27 heavy (non-hydrogen) atoms. The number of likely N-dealkylation sites (tertiary alicyclic amines) is 1. The van der Waals surface area contributed by atoms with Crippen molar-refractivity contribution in [3.8, 4) is 0 Å². The fourth-order valence-corrected chi connectivity index (χ4v) is 3.32. The van der Waals surface area contributed by atoms with Gasteiger partial charge in [0, 0.05) is 43.8 Å². The quantitative estimate of drug-likeness (QED) is 0.712. The summed E-state index contributed by atoms with van der Waals surface area (Å²) in [6.45, 7) is 3.21. The van der Waals surface area contributed by atoms with Gasteiger partial charge in [0.15, 0.2) is 5.65 Å². The minimum Gasteiger partial charge on any atom is -0.477 e. The summed E-state index contributed by atoms with van der Waals surface area (Å²) in [6, 6.07) is 5.85. The lowest BCUT2D eigenvalue weighted by Gasteiger charge is -2.31. The molecule has 3 aromatic rings. The topological polar surface area (TPSA) is 92.8 Å². The Hall–Kier alpha value is -2.84. The van der Waals surface area contributed by atoms with Crippen LogP contribution in [0.1, 0.15) is 34.5 Å². The maximum Gasteiger partial charge on any atom is 0.341 e. The number of carboxylic acids is 1. The predicted molar refractivity (Wildman–Crippen MR) is 97.3 cm³/mol. The van der Waals surface area contributed by atoms with Crippen LogP contribution < -0.4 is 0 Å². The zero-order chi connectivity index (χ0) is 18.6. The Labute approximate surface area is 156 Å². The lowest BCUT2D eigenvalue weighted by atomic mass is 10.1. The summed E-state index contributed by atoms with van der Waals surface area (Å²) in [5.74, 6) is -1.02. The number of rotatable bonds is 6. The van der Waals surface area contributed by atoms with Gasteiger partial charge in [-0.05, 0) is 25.0 Å². The highest BCUT2D eigenvalue weighted by atomic mass is 16.5. The third-order valence-corrected chi connectivity index (χ3v) is 4.77. The van der Waals surface area contributed by atoms with Gasteiger partial charge in [-0.15, -0.1) is 0 Å². The molecule has 4 heterocycles. The van der Waals surface area contributed by atoms with E-state index < -0.39 is 5.97 Å². The SMILES string of the molecule is O=C(O)c1cnn2cc(CN3CCC(OCc4ccccn4)CC3)cnc12. The first kappa shape index (κ1) is 17.6. The predicted octanol–water partition coefficient (Wildman–Crippen LogP) is 2.00. The molecule has 1 saturated heterocycles. The zero-order valence-electron chi connectivity index (χ0n) is 14.9. The lowest BCUT2D eigenvalue weighted by molar-refractivity contribution is -0.00526. The molecule has 1 fully saturated rings. The molecule has 0 spiro atoms. The number of fused-ring (bicyclic) bond motifs is 1. The Morgan fingerprint density at radius 1 is 1.22 bits per heavy atom. The Bertz CT molecular complexity index is 919. The van der Waals surface area contributed by atoms with Crippen LogP contribution in [-0.4, -0.2) is 54.8 Å². The molecular weight excluding hydrogens is 346 g/mol. The van der Waals surface area contributed by atoms with Crippen molar-refractivity contribution in [2.24, 2.45) is 0 Å². The second-order valence-electron chi connectivity index (χ2n) is 6.70.